The van der Waals surface area contributed by atoms with E-state index < -0.39 is 0 Å². The maximum absolute atomic E-state index is 12.3. The lowest BCUT2D eigenvalue weighted by Gasteiger charge is -2.16. The molecular formula is C17H23N5O3. The van der Waals surface area contributed by atoms with Gasteiger partial charge in [-0.2, -0.15) is 0 Å². The highest BCUT2D eigenvalue weighted by Crippen LogP contribution is 2.23. The SMILES string of the molecule is CCc1nc2ccc(C(=O)NCCNC(C)=O)cn2c1N(C=O)CC. The Bertz CT molecular complexity index is 784. The van der Waals surface area contributed by atoms with Crippen molar-refractivity contribution in [3.05, 3.63) is 29.6 Å². The summed E-state index contributed by atoms with van der Waals surface area (Å²) in [6.07, 6.45) is 3.12. The highest BCUT2D eigenvalue weighted by Gasteiger charge is 2.17. The first-order chi connectivity index (χ1) is 12.0. The molecule has 0 radical (unpaired) electrons. The van der Waals surface area contributed by atoms with Crippen LogP contribution in [0.15, 0.2) is 18.3 Å². The molecule has 3 amide bonds. The number of carbonyl (C=O) groups excluding carboxylic acids is 3. The first-order valence-corrected chi connectivity index (χ1v) is 8.27. The molecule has 8 heteroatoms. The Balaban J connectivity index is 2.28. The van der Waals surface area contributed by atoms with E-state index in [1.807, 2.05) is 13.8 Å². The highest BCUT2D eigenvalue weighted by atomic mass is 16.2. The lowest BCUT2D eigenvalue weighted by molar-refractivity contribution is -0.118. The topological polar surface area (TPSA) is 95.8 Å². The standard InChI is InChI=1S/C17H23N5O3/c1-4-14-17(21(5-2)11-23)22-10-13(6-7-15(22)20-14)16(25)19-9-8-18-12(3)24/h6-7,10-11H,4-5,8-9H2,1-3H3,(H,18,24)(H,19,25). The molecule has 0 atom stereocenters. The molecule has 2 aromatic rings. The van der Waals surface area contributed by atoms with Gasteiger partial charge in [0.05, 0.1) is 11.3 Å². The van der Waals surface area contributed by atoms with Crippen LogP contribution in [0.25, 0.3) is 5.65 Å². The van der Waals surface area contributed by atoms with Gasteiger partial charge >= 0.3 is 0 Å². The molecule has 2 rings (SSSR count). The number of rotatable bonds is 8. The number of hydrogen-bond donors (Lipinski definition) is 2. The van der Waals surface area contributed by atoms with Gasteiger partial charge in [0.25, 0.3) is 5.91 Å². The molecule has 0 saturated heterocycles. The average Bonchev–Trinajstić information content (AvgIpc) is 2.97. The van der Waals surface area contributed by atoms with Crippen LogP contribution >= 0.6 is 0 Å². The van der Waals surface area contributed by atoms with E-state index in [0.717, 1.165) is 12.1 Å². The predicted molar refractivity (Wildman–Crippen MR) is 94.7 cm³/mol. The first kappa shape index (κ1) is 18.4. The predicted octanol–water partition coefficient (Wildman–Crippen LogP) is 0.745. The van der Waals surface area contributed by atoms with E-state index >= 15 is 0 Å². The lowest BCUT2D eigenvalue weighted by Crippen LogP contribution is -2.33. The van der Waals surface area contributed by atoms with Crippen molar-refractivity contribution in [3.8, 4) is 0 Å². The molecule has 8 nitrogen and oxygen atoms in total. The van der Waals surface area contributed by atoms with Crippen molar-refractivity contribution in [2.75, 3.05) is 24.5 Å². The molecule has 0 aliphatic rings. The summed E-state index contributed by atoms with van der Waals surface area (Å²) in [5, 5.41) is 5.36. The van der Waals surface area contributed by atoms with Gasteiger partial charge in [-0.15, -0.1) is 0 Å². The zero-order chi connectivity index (χ0) is 18.4. The summed E-state index contributed by atoms with van der Waals surface area (Å²) in [7, 11) is 0. The molecule has 25 heavy (non-hydrogen) atoms. The van der Waals surface area contributed by atoms with Crippen molar-refractivity contribution in [1.29, 1.82) is 0 Å². The van der Waals surface area contributed by atoms with Crippen LogP contribution in [-0.4, -0.2) is 47.2 Å². The number of amides is 3. The summed E-state index contributed by atoms with van der Waals surface area (Å²) in [6.45, 7) is 6.49. The van der Waals surface area contributed by atoms with Crippen LogP contribution in [0.4, 0.5) is 5.82 Å². The molecule has 0 aliphatic heterocycles. The minimum absolute atomic E-state index is 0.139. The minimum atomic E-state index is -0.251. The van der Waals surface area contributed by atoms with Crippen LogP contribution in [0.5, 0.6) is 0 Å². The van der Waals surface area contributed by atoms with Crippen LogP contribution in [-0.2, 0) is 16.0 Å². The number of nitrogens with zero attached hydrogens (tertiary/aromatic N) is 3. The van der Waals surface area contributed by atoms with Crippen molar-refractivity contribution in [2.24, 2.45) is 0 Å². The molecular weight excluding hydrogens is 322 g/mol. The Morgan fingerprint density at radius 1 is 1.24 bits per heavy atom. The zero-order valence-electron chi connectivity index (χ0n) is 14.7. The fourth-order valence-corrected chi connectivity index (χ4v) is 2.55. The average molecular weight is 345 g/mol. The molecule has 0 saturated carbocycles. The van der Waals surface area contributed by atoms with E-state index in [1.165, 1.54) is 6.92 Å². The highest BCUT2D eigenvalue weighted by molar-refractivity contribution is 5.94. The third kappa shape index (κ3) is 4.14. The monoisotopic (exact) mass is 345 g/mol. The van der Waals surface area contributed by atoms with E-state index in [-0.39, 0.29) is 11.8 Å². The van der Waals surface area contributed by atoms with Gasteiger partial charge in [-0.05, 0) is 25.5 Å². The van der Waals surface area contributed by atoms with Crippen molar-refractivity contribution >= 4 is 29.7 Å². The third-order valence-electron chi connectivity index (χ3n) is 3.78. The first-order valence-electron chi connectivity index (χ1n) is 8.27. The maximum Gasteiger partial charge on any atom is 0.252 e. The zero-order valence-corrected chi connectivity index (χ0v) is 14.7. The second-order valence-corrected chi connectivity index (χ2v) is 5.51. The molecule has 0 fully saturated rings. The molecule has 0 aliphatic carbocycles. The second kappa shape index (κ2) is 8.27. The number of aromatic nitrogens is 2. The summed E-state index contributed by atoms with van der Waals surface area (Å²) < 4.78 is 1.76. The van der Waals surface area contributed by atoms with Crippen molar-refractivity contribution < 1.29 is 14.4 Å². The Morgan fingerprint density at radius 3 is 2.56 bits per heavy atom. The van der Waals surface area contributed by atoms with E-state index in [2.05, 4.69) is 15.6 Å². The fourth-order valence-electron chi connectivity index (χ4n) is 2.55. The molecule has 2 N–H and O–H groups in total. The van der Waals surface area contributed by atoms with Gasteiger partial charge in [0, 0.05) is 32.8 Å². The fraction of sp³-hybridized carbons (Fsp3) is 0.412. The summed E-state index contributed by atoms with van der Waals surface area (Å²) in [5.41, 5.74) is 1.94. The van der Waals surface area contributed by atoms with Gasteiger partial charge in [0.2, 0.25) is 12.3 Å². The third-order valence-corrected chi connectivity index (χ3v) is 3.78. The molecule has 2 heterocycles. The summed E-state index contributed by atoms with van der Waals surface area (Å²) in [4.78, 5) is 40.6. The molecule has 0 bridgehead atoms. The molecule has 0 unspecified atom stereocenters. The van der Waals surface area contributed by atoms with E-state index in [9.17, 15) is 14.4 Å². The van der Waals surface area contributed by atoms with E-state index in [4.69, 9.17) is 0 Å². The quantitative estimate of drug-likeness (QED) is 0.545. The van der Waals surface area contributed by atoms with Crippen LogP contribution < -0.4 is 15.5 Å². The Hall–Kier alpha value is -2.90. The number of fused-ring (bicyclic) bond motifs is 1. The van der Waals surface area contributed by atoms with E-state index in [0.29, 0.717) is 43.1 Å². The van der Waals surface area contributed by atoms with Gasteiger partial charge < -0.3 is 10.6 Å². The Morgan fingerprint density at radius 2 is 1.96 bits per heavy atom. The minimum Gasteiger partial charge on any atom is -0.355 e. The summed E-state index contributed by atoms with van der Waals surface area (Å²) >= 11 is 0. The van der Waals surface area contributed by atoms with Gasteiger partial charge in [-0.1, -0.05) is 6.92 Å². The van der Waals surface area contributed by atoms with Crippen molar-refractivity contribution in [2.45, 2.75) is 27.2 Å². The molecule has 134 valence electrons. The number of imidazole rings is 1. The Labute approximate surface area is 146 Å². The Kier molecular flexibility index (Phi) is 6.10. The molecule has 0 aromatic carbocycles. The van der Waals surface area contributed by atoms with Crippen LogP contribution in [0, 0.1) is 0 Å². The number of aryl methyl sites for hydroxylation is 1. The lowest BCUT2D eigenvalue weighted by atomic mass is 10.2. The number of carbonyl (C=O) groups is 3. The van der Waals surface area contributed by atoms with Gasteiger partial charge in [-0.25, -0.2) is 4.98 Å². The van der Waals surface area contributed by atoms with Gasteiger partial charge in [-0.3, -0.25) is 23.7 Å². The largest absolute Gasteiger partial charge is 0.355 e. The number of pyridine rings is 1. The smallest absolute Gasteiger partial charge is 0.252 e. The van der Waals surface area contributed by atoms with Crippen molar-refractivity contribution in [1.82, 2.24) is 20.0 Å². The van der Waals surface area contributed by atoms with Crippen molar-refractivity contribution in [3.63, 3.8) is 0 Å². The number of hydrogen-bond acceptors (Lipinski definition) is 4. The summed E-state index contributed by atoms with van der Waals surface area (Å²) in [5.74, 6) is 0.293. The second-order valence-electron chi connectivity index (χ2n) is 5.51. The van der Waals surface area contributed by atoms with E-state index in [1.54, 1.807) is 27.6 Å². The molecule has 2 aromatic heterocycles. The molecule has 0 spiro atoms. The number of nitrogens with one attached hydrogen (secondary N) is 2. The van der Waals surface area contributed by atoms with Crippen LogP contribution in [0.1, 0.15) is 36.8 Å². The van der Waals surface area contributed by atoms with Gasteiger partial charge in [0.1, 0.15) is 11.5 Å². The normalized spacial score (nSPS) is 10.5. The number of anilines is 1. The van der Waals surface area contributed by atoms with Crippen LogP contribution in [0.2, 0.25) is 0 Å². The summed E-state index contributed by atoms with van der Waals surface area (Å²) in [6, 6.07) is 3.44. The van der Waals surface area contributed by atoms with Crippen LogP contribution in [0.3, 0.4) is 0 Å². The van der Waals surface area contributed by atoms with Gasteiger partial charge in [0.15, 0.2) is 0 Å². The maximum atomic E-state index is 12.3.